The number of nitrogens with zero attached hydrogens (tertiary/aromatic N) is 4. The molecule has 3 aromatic heterocycles. The number of aromatic nitrogens is 3. The molecule has 0 radical (unpaired) electrons. The lowest BCUT2D eigenvalue weighted by Gasteiger charge is -1.96. The van der Waals surface area contributed by atoms with E-state index >= 15 is 0 Å². The van der Waals surface area contributed by atoms with Crippen LogP contribution in [0.3, 0.4) is 0 Å². The average molecular weight is 238 g/mol. The van der Waals surface area contributed by atoms with Crippen molar-refractivity contribution in [3.05, 3.63) is 53.2 Å². The summed E-state index contributed by atoms with van der Waals surface area (Å²) in [7, 11) is 0. The average Bonchev–Trinajstić information content (AvgIpc) is 2.77. The smallest absolute Gasteiger partial charge is 0.211 e. The Kier molecular flexibility index (Phi) is 2.37. The molecule has 5 heteroatoms. The number of hydrogen-bond acceptors (Lipinski definition) is 4. The van der Waals surface area contributed by atoms with E-state index in [-0.39, 0.29) is 5.82 Å². The van der Waals surface area contributed by atoms with Gasteiger partial charge in [-0.3, -0.25) is 9.38 Å². The molecule has 0 N–H and O–H groups in total. The zero-order valence-electron chi connectivity index (χ0n) is 9.74. The van der Waals surface area contributed by atoms with Crippen LogP contribution in [0.2, 0.25) is 0 Å². The zero-order valence-corrected chi connectivity index (χ0v) is 9.74. The summed E-state index contributed by atoms with van der Waals surface area (Å²) in [5, 5.41) is 3.08. The lowest BCUT2D eigenvalue weighted by Crippen LogP contribution is -1.84. The first-order chi connectivity index (χ1) is 8.79. The minimum atomic E-state index is 0.281. The molecule has 0 aromatic carbocycles. The number of fused-ring (bicyclic) bond motifs is 1. The second kappa shape index (κ2) is 4.03. The first-order valence-electron chi connectivity index (χ1n) is 5.53. The molecule has 0 fully saturated rings. The monoisotopic (exact) mass is 238 g/mol. The van der Waals surface area contributed by atoms with E-state index in [1.807, 2.05) is 37.3 Å². The molecule has 0 spiro atoms. The topological polar surface area (TPSA) is 59.6 Å². The van der Waals surface area contributed by atoms with Gasteiger partial charge in [0.05, 0.1) is 5.69 Å². The highest BCUT2D eigenvalue weighted by molar-refractivity contribution is 5.72. The maximum Gasteiger partial charge on any atom is 0.211 e. The predicted octanol–water partition coefficient (Wildman–Crippen LogP) is 3.10. The normalized spacial score (nSPS) is 10.7. The van der Waals surface area contributed by atoms with Gasteiger partial charge < -0.3 is 0 Å². The third-order valence-corrected chi connectivity index (χ3v) is 2.75. The molecule has 0 aliphatic rings. The van der Waals surface area contributed by atoms with Crippen LogP contribution in [-0.2, 0) is 0 Å². The van der Waals surface area contributed by atoms with Crippen molar-refractivity contribution in [3.8, 4) is 11.4 Å². The number of imidazole rings is 1. The second-order valence-electron chi connectivity index (χ2n) is 4.02. The van der Waals surface area contributed by atoms with Crippen LogP contribution in [-0.4, -0.2) is 14.4 Å². The highest BCUT2D eigenvalue weighted by Gasteiger charge is 2.15. The largest absolute Gasteiger partial charge is 0.281 e. The van der Waals surface area contributed by atoms with Gasteiger partial charge in [-0.1, -0.05) is 6.07 Å². The van der Waals surface area contributed by atoms with Crippen LogP contribution in [0.1, 0.15) is 5.56 Å². The van der Waals surface area contributed by atoms with Crippen molar-refractivity contribution >= 4 is 11.5 Å². The van der Waals surface area contributed by atoms with Crippen molar-refractivity contribution < 1.29 is 0 Å². The van der Waals surface area contributed by atoms with Gasteiger partial charge in [0.15, 0.2) is 0 Å². The lowest BCUT2D eigenvalue weighted by atomic mass is 10.3. The van der Waals surface area contributed by atoms with Gasteiger partial charge in [-0.15, -0.1) is 4.91 Å². The van der Waals surface area contributed by atoms with E-state index in [1.165, 1.54) is 0 Å². The van der Waals surface area contributed by atoms with E-state index in [1.54, 1.807) is 16.8 Å². The standard InChI is InChI=1S/C13H10N4O/c1-9-5-7-17-11(8-9)15-12(13(17)16-18)10-4-2-3-6-14-10/h2-8H,1H3. The lowest BCUT2D eigenvalue weighted by molar-refractivity contribution is 1.15. The van der Waals surface area contributed by atoms with Crippen molar-refractivity contribution in [3.63, 3.8) is 0 Å². The maximum atomic E-state index is 11.0. The number of hydrogen-bond donors (Lipinski definition) is 0. The first-order valence-corrected chi connectivity index (χ1v) is 5.53. The molecule has 3 aromatic rings. The molecule has 0 aliphatic carbocycles. The number of aryl methyl sites for hydroxylation is 1. The Morgan fingerprint density at radius 2 is 2.17 bits per heavy atom. The van der Waals surface area contributed by atoms with Crippen molar-refractivity contribution in [1.82, 2.24) is 14.4 Å². The molecule has 0 atom stereocenters. The molecule has 0 unspecified atom stereocenters. The highest BCUT2D eigenvalue weighted by Crippen LogP contribution is 2.29. The fourth-order valence-corrected chi connectivity index (χ4v) is 1.90. The van der Waals surface area contributed by atoms with Crippen LogP contribution in [0.5, 0.6) is 0 Å². The summed E-state index contributed by atoms with van der Waals surface area (Å²) >= 11 is 0. The van der Waals surface area contributed by atoms with Crippen molar-refractivity contribution in [2.24, 2.45) is 5.18 Å². The third-order valence-electron chi connectivity index (χ3n) is 2.75. The molecular weight excluding hydrogens is 228 g/mol. The fourth-order valence-electron chi connectivity index (χ4n) is 1.90. The van der Waals surface area contributed by atoms with Crippen LogP contribution in [0.15, 0.2) is 47.9 Å². The molecule has 0 saturated carbocycles. The van der Waals surface area contributed by atoms with Gasteiger partial charge in [-0.2, -0.15) is 0 Å². The molecule has 3 rings (SSSR count). The molecule has 88 valence electrons. The maximum absolute atomic E-state index is 11.0. The Hall–Kier alpha value is -2.56. The fraction of sp³-hybridized carbons (Fsp3) is 0.0769. The van der Waals surface area contributed by atoms with Gasteiger partial charge >= 0.3 is 0 Å². The van der Waals surface area contributed by atoms with E-state index in [0.29, 0.717) is 17.0 Å². The number of nitroso groups, excluding NO2 is 1. The Morgan fingerprint density at radius 1 is 1.28 bits per heavy atom. The molecule has 5 nitrogen and oxygen atoms in total. The van der Waals surface area contributed by atoms with E-state index in [4.69, 9.17) is 0 Å². The van der Waals surface area contributed by atoms with Crippen molar-refractivity contribution in [1.29, 1.82) is 0 Å². The molecule has 0 bridgehead atoms. The van der Waals surface area contributed by atoms with E-state index in [2.05, 4.69) is 15.1 Å². The van der Waals surface area contributed by atoms with Gasteiger partial charge in [0, 0.05) is 12.4 Å². The first kappa shape index (κ1) is 10.6. The molecule has 0 aliphatic heterocycles. The molecule has 0 saturated heterocycles. The van der Waals surface area contributed by atoms with Crippen LogP contribution in [0.4, 0.5) is 5.82 Å². The minimum absolute atomic E-state index is 0.281. The van der Waals surface area contributed by atoms with E-state index in [0.717, 1.165) is 5.56 Å². The van der Waals surface area contributed by atoms with Crippen LogP contribution in [0, 0.1) is 11.8 Å². The highest BCUT2D eigenvalue weighted by atomic mass is 16.3. The van der Waals surface area contributed by atoms with Crippen molar-refractivity contribution in [2.75, 3.05) is 0 Å². The molecule has 3 heterocycles. The minimum Gasteiger partial charge on any atom is -0.281 e. The van der Waals surface area contributed by atoms with Gasteiger partial charge in [0.1, 0.15) is 11.3 Å². The quantitative estimate of drug-likeness (QED) is 0.644. The summed E-state index contributed by atoms with van der Waals surface area (Å²) in [4.78, 5) is 19.6. The van der Waals surface area contributed by atoms with Gasteiger partial charge in [-0.25, -0.2) is 4.98 Å². The van der Waals surface area contributed by atoms with Crippen LogP contribution >= 0.6 is 0 Å². The second-order valence-corrected chi connectivity index (χ2v) is 4.02. The molecular formula is C13H10N4O. The van der Waals surface area contributed by atoms with Gasteiger partial charge in [0.2, 0.25) is 5.82 Å². The molecule has 18 heavy (non-hydrogen) atoms. The predicted molar refractivity (Wildman–Crippen MR) is 68.6 cm³/mol. The van der Waals surface area contributed by atoms with Gasteiger partial charge in [-0.05, 0) is 41.9 Å². The Bertz CT molecular complexity index is 718. The Labute approximate surface area is 103 Å². The Morgan fingerprint density at radius 3 is 2.89 bits per heavy atom. The van der Waals surface area contributed by atoms with Crippen molar-refractivity contribution in [2.45, 2.75) is 6.92 Å². The summed E-state index contributed by atoms with van der Waals surface area (Å²) in [6.07, 6.45) is 3.46. The third kappa shape index (κ3) is 1.57. The summed E-state index contributed by atoms with van der Waals surface area (Å²) in [5.41, 5.74) is 2.94. The zero-order chi connectivity index (χ0) is 12.5. The summed E-state index contributed by atoms with van der Waals surface area (Å²) in [6.45, 7) is 1.98. The SMILES string of the molecule is Cc1ccn2c(N=O)c(-c3ccccn3)nc2c1. The Balaban J connectivity index is 2.33. The van der Waals surface area contributed by atoms with Crippen LogP contribution < -0.4 is 0 Å². The van der Waals surface area contributed by atoms with E-state index in [9.17, 15) is 4.91 Å². The van der Waals surface area contributed by atoms with Gasteiger partial charge in [0.25, 0.3) is 0 Å². The van der Waals surface area contributed by atoms with E-state index < -0.39 is 0 Å². The summed E-state index contributed by atoms with van der Waals surface area (Å²) < 4.78 is 1.67. The van der Waals surface area contributed by atoms with Crippen LogP contribution in [0.25, 0.3) is 17.0 Å². The molecule has 0 amide bonds. The summed E-state index contributed by atoms with van der Waals surface area (Å²) in [5.74, 6) is 0.281. The summed E-state index contributed by atoms with van der Waals surface area (Å²) in [6, 6.07) is 9.29. The number of pyridine rings is 2. The number of rotatable bonds is 2.